The average Bonchev–Trinajstić information content (AvgIpc) is 2.48. The van der Waals surface area contributed by atoms with Crippen LogP contribution in [0.25, 0.3) is 0 Å². The molecule has 1 aliphatic rings. The summed E-state index contributed by atoms with van der Waals surface area (Å²) in [5.41, 5.74) is 0.918. The third-order valence-electron chi connectivity index (χ3n) is 3.07. The zero-order valence-corrected chi connectivity index (χ0v) is 10.7. The normalized spacial score (nSPS) is 19.4. The molecule has 98 valence electrons. The summed E-state index contributed by atoms with van der Waals surface area (Å²) in [5.74, 6) is 1.64. The molecule has 1 aliphatic heterocycles. The fraction of sp³-hybridized carbons (Fsp3) is 0.385. The molecule has 0 unspecified atom stereocenters. The van der Waals surface area contributed by atoms with Gasteiger partial charge in [0.1, 0.15) is 17.7 Å². The van der Waals surface area contributed by atoms with Crippen LogP contribution < -0.4 is 4.90 Å². The number of hydrogen-bond donors (Lipinski definition) is 0. The second-order valence-electron chi connectivity index (χ2n) is 4.40. The monoisotopic (exact) mass is 257 g/mol. The fourth-order valence-corrected chi connectivity index (χ4v) is 2.14. The van der Waals surface area contributed by atoms with E-state index in [2.05, 4.69) is 24.8 Å². The van der Waals surface area contributed by atoms with Crippen LogP contribution in [0, 0.1) is 6.92 Å². The van der Waals surface area contributed by atoms with Crippen molar-refractivity contribution in [3.63, 3.8) is 0 Å². The highest BCUT2D eigenvalue weighted by atomic mass is 16.5. The molecule has 0 aromatic carbocycles. The van der Waals surface area contributed by atoms with Gasteiger partial charge in [0.25, 0.3) is 0 Å². The Morgan fingerprint density at radius 1 is 1.26 bits per heavy atom. The molecule has 0 N–H and O–H groups in total. The van der Waals surface area contributed by atoms with Gasteiger partial charge in [-0.1, -0.05) is 0 Å². The summed E-state index contributed by atoms with van der Waals surface area (Å²) in [6.07, 6.45) is 6.87. The summed E-state index contributed by atoms with van der Waals surface area (Å²) in [7, 11) is 0. The number of morpholine rings is 1. The van der Waals surface area contributed by atoms with E-state index in [9.17, 15) is 0 Å². The molecule has 0 bridgehead atoms. The number of rotatable bonds is 2. The van der Waals surface area contributed by atoms with Crippen LogP contribution >= 0.6 is 0 Å². The molecular weight excluding hydrogens is 242 g/mol. The molecule has 0 aliphatic carbocycles. The van der Waals surface area contributed by atoms with Gasteiger partial charge in [-0.25, -0.2) is 15.0 Å². The molecule has 6 heteroatoms. The third kappa shape index (κ3) is 2.68. The van der Waals surface area contributed by atoms with Crippen LogP contribution in [0.1, 0.15) is 17.6 Å². The van der Waals surface area contributed by atoms with Gasteiger partial charge >= 0.3 is 0 Å². The van der Waals surface area contributed by atoms with Crippen molar-refractivity contribution in [2.24, 2.45) is 0 Å². The topological polar surface area (TPSA) is 64.0 Å². The van der Waals surface area contributed by atoms with Gasteiger partial charge in [0, 0.05) is 25.1 Å². The highest BCUT2D eigenvalue weighted by Gasteiger charge is 2.24. The second-order valence-corrected chi connectivity index (χ2v) is 4.40. The predicted molar refractivity (Wildman–Crippen MR) is 69.7 cm³/mol. The van der Waals surface area contributed by atoms with Crippen molar-refractivity contribution in [3.05, 3.63) is 42.4 Å². The van der Waals surface area contributed by atoms with E-state index in [4.69, 9.17) is 4.74 Å². The number of ether oxygens (including phenoxy) is 1. The number of aromatic nitrogens is 4. The molecule has 0 saturated carbocycles. The van der Waals surface area contributed by atoms with Crippen LogP contribution in [0.2, 0.25) is 0 Å². The number of nitrogens with zero attached hydrogens (tertiary/aromatic N) is 5. The van der Waals surface area contributed by atoms with Crippen molar-refractivity contribution in [1.82, 2.24) is 19.9 Å². The van der Waals surface area contributed by atoms with E-state index in [1.807, 2.05) is 13.0 Å². The van der Waals surface area contributed by atoms with Gasteiger partial charge < -0.3 is 9.64 Å². The molecule has 1 atom stereocenters. The lowest BCUT2D eigenvalue weighted by atomic mass is 10.2. The molecule has 0 radical (unpaired) electrons. The zero-order valence-electron chi connectivity index (χ0n) is 10.7. The first-order valence-corrected chi connectivity index (χ1v) is 6.25. The SMILES string of the molecule is Cc1nccc([C@@H]2CN(c3cnccn3)CCO2)n1. The molecular formula is C13H15N5O. The Kier molecular flexibility index (Phi) is 3.33. The first kappa shape index (κ1) is 12.0. The minimum Gasteiger partial charge on any atom is -0.368 e. The molecule has 6 nitrogen and oxygen atoms in total. The molecule has 3 heterocycles. The van der Waals surface area contributed by atoms with Gasteiger partial charge in [-0.2, -0.15) is 0 Å². The van der Waals surface area contributed by atoms with E-state index in [-0.39, 0.29) is 6.10 Å². The molecule has 3 rings (SSSR count). The summed E-state index contributed by atoms with van der Waals surface area (Å²) in [5, 5.41) is 0. The first-order valence-electron chi connectivity index (χ1n) is 6.25. The van der Waals surface area contributed by atoms with Crippen LogP contribution in [0.15, 0.2) is 30.9 Å². The van der Waals surface area contributed by atoms with Crippen molar-refractivity contribution in [2.45, 2.75) is 13.0 Å². The first-order chi connectivity index (χ1) is 9.33. The minimum absolute atomic E-state index is 0.0440. The van der Waals surface area contributed by atoms with Crippen molar-refractivity contribution in [1.29, 1.82) is 0 Å². The fourth-order valence-electron chi connectivity index (χ4n) is 2.14. The van der Waals surface area contributed by atoms with E-state index >= 15 is 0 Å². The van der Waals surface area contributed by atoms with Gasteiger partial charge in [0.05, 0.1) is 25.0 Å². The van der Waals surface area contributed by atoms with Gasteiger partial charge in [0.15, 0.2) is 0 Å². The lowest BCUT2D eigenvalue weighted by molar-refractivity contribution is 0.0365. The van der Waals surface area contributed by atoms with Crippen LogP contribution in [0.4, 0.5) is 5.82 Å². The zero-order chi connectivity index (χ0) is 13.1. The number of aryl methyl sites for hydroxylation is 1. The van der Waals surface area contributed by atoms with Crippen LogP contribution in [-0.2, 0) is 4.74 Å². The van der Waals surface area contributed by atoms with E-state index in [1.54, 1.807) is 24.8 Å². The standard InChI is InChI=1S/C13H15N5O/c1-10-15-3-2-11(17-10)12-9-18(6-7-19-12)13-8-14-4-5-16-13/h2-5,8,12H,6-7,9H2,1H3/t12-/m0/s1. The van der Waals surface area contributed by atoms with E-state index in [0.29, 0.717) is 6.61 Å². The predicted octanol–water partition coefficient (Wildman–Crippen LogP) is 1.15. The Morgan fingerprint density at radius 2 is 2.21 bits per heavy atom. The highest BCUT2D eigenvalue weighted by Crippen LogP contribution is 2.23. The van der Waals surface area contributed by atoms with Crippen molar-refractivity contribution in [3.8, 4) is 0 Å². The number of hydrogen-bond acceptors (Lipinski definition) is 6. The molecule has 1 fully saturated rings. The Balaban J connectivity index is 1.78. The molecule has 1 saturated heterocycles. The highest BCUT2D eigenvalue weighted by molar-refractivity contribution is 5.36. The Labute approximate surface area is 111 Å². The summed E-state index contributed by atoms with van der Waals surface area (Å²) in [4.78, 5) is 19.1. The average molecular weight is 257 g/mol. The van der Waals surface area contributed by atoms with Crippen LogP contribution in [0.3, 0.4) is 0 Å². The smallest absolute Gasteiger partial charge is 0.147 e. The Hall–Kier alpha value is -2.08. The van der Waals surface area contributed by atoms with E-state index in [1.165, 1.54) is 0 Å². The number of anilines is 1. The largest absolute Gasteiger partial charge is 0.368 e. The van der Waals surface area contributed by atoms with E-state index in [0.717, 1.165) is 30.4 Å². The lowest BCUT2D eigenvalue weighted by Crippen LogP contribution is -2.39. The summed E-state index contributed by atoms with van der Waals surface area (Å²) in [6, 6.07) is 1.90. The maximum absolute atomic E-state index is 5.79. The minimum atomic E-state index is -0.0440. The van der Waals surface area contributed by atoms with Gasteiger partial charge in [-0.3, -0.25) is 4.98 Å². The molecule has 19 heavy (non-hydrogen) atoms. The summed E-state index contributed by atoms with van der Waals surface area (Å²) >= 11 is 0. The Bertz CT molecular complexity index is 548. The molecule has 0 amide bonds. The summed E-state index contributed by atoms with van der Waals surface area (Å²) in [6.45, 7) is 4.09. The Morgan fingerprint density at radius 3 is 3.00 bits per heavy atom. The van der Waals surface area contributed by atoms with Gasteiger partial charge in [-0.15, -0.1) is 0 Å². The van der Waals surface area contributed by atoms with Crippen molar-refractivity contribution < 1.29 is 4.74 Å². The lowest BCUT2D eigenvalue weighted by Gasteiger charge is -2.33. The van der Waals surface area contributed by atoms with Crippen LogP contribution in [0.5, 0.6) is 0 Å². The van der Waals surface area contributed by atoms with Gasteiger partial charge in [-0.05, 0) is 13.0 Å². The maximum atomic E-state index is 5.79. The molecule has 0 spiro atoms. The summed E-state index contributed by atoms with van der Waals surface area (Å²) < 4.78 is 5.79. The van der Waals surface area contributed by atoms with Crippen molar-refractivity contribution in [2.75, 3.05) is 24.6 Å². The van der Waals surface area contributed by atoms with E-state index < -0.39 is 0 Å². The van der Waals surface area contributed by atoms with Crippen LogP contribution in [-0.4, -0.2) is 39.6 Å². The second kappa shape index (κ2) is 5.27. The molecule has 2 aromatic heterocycles. The third-order valence-corrected chi connectivity index (χ3v) is 3.07. The molecule has 2 aromatic rings. The van der Waals surface area contributed by atoms with Gasteiger partial charge in [0.2, 0.25) is 0 Å². The maximum Gasteiger partial charge on any atom is 0.147 e. The quantitative estimate of drug-likeness (QED) is 0.804. The van der Waals surface area contributed by atoms with Crippen molar-refractivity contribution >= 4 is 5.82 Å².